The topological polar surface area (TPSA) is 136 Å². The monoisotopic (exact) mass is 371 g/mol. The minimum Gasteiger partial charge on any atom is -0.393 e. The third-order valence-electron chi connectivity index (χ3n) is 4.49. The van der Waals surface area contributed by atoms with Gasteiger partial charge in [0.15, 0.2) is 5.78 Å². The summed E-state index contributed by atoms with van der Waals surface area (Å²) in [6.45, 7) is 9.45. The Balaban J connectivity index is 4.93. The van der Waals surface area contributed by atoms with Gasteiger partial charge in [-0.3, -0.25) is 14.4 Å². The summed E-state index contributed by atoms with van der Waals surface area (Å²) in [6.07, 6.45) is 0.0427. The lowest BCUT2D eigenvalue weighted by Gasteiger charge is -2.24. The summed E-state index contributed by atoms with van der Waals surface area (Å²) < 4.78 is 0. The SMILES string of the molecule is CC(C)C[C@H](CN)CC(=O)C[C@H](C(=O)N[C@@H](CN)C(=O)C(C)C)[C@H](C)O. The van der Waals surface area contributed by atoms with Gasteiger partial charge in [0, 0.05) is 25.3 Å². The molecule has 0 saturated carbocycles. The number of carbonyl (C=O) groups excluding carboxylic acids is 3. The quantitative estimate of drug-likeness (QED) is 0.375. The Morgan fingerprint density at radius 2 is 1.54 bits per heavy atom. The fourth-order valence-corrected chi connectivity index (χ4v) is 2.99. The van der Waals surface area contributed by atoms with E-state index in [9.17, 15) is 19.5 Å². The maximum absolute atomic E-state index is 12.5. The standard InChI is InChI=1S/C19H37N3O4/c1-11(2)6-14(9-20)7-15(24)8-16(13(5)23)19(26)22-17(10-21)18(25)12(3)4/h11-14,16-17,23H,6-10,20-21H2,1-5H3,(H,22,26)/t13-,14-,16-,17-/m0/s1. The van der Waals surface area contributed by atoms with Gasteiger partial charge >= 0.3 is 0 Å². The number of hydrogen-bond acceptors (Lipinski definition) is 6. The first kappa shape index (κ1) is 24.7. The first-order valence-electron chi connectivity index (χ1n) is 9.47. The van der Waals surface area contributed by atoms with E-state index in [0.29, 0.717) is 12.5 Å². The largest absolute Gasteiger partial charge is 0.393 e. The predicted molar refractivity (Wildman–Crippen MR) is 102 cm³/mol. The molecule has 26 heavy (non-hydrogen) atoms. The van der Waals surface area contributed by atoms with Crippen LogP contribution >= 0.6 is 0 Å². The lowest BCUT2D eigenvalue weighted by atomic mass is 9.88. The molecule has 1 amide bonds. The molecule has 6 N–H and O–H groups in total. The van der Waals surface area contributed by atoms with Crippen LogP contribution in [0.4, 0.5) is 0 Å². The Hall–Kier alpha value is -1.31. The molecule has 0 bridgehead atoms. The highest BCUT2D eigenvalue weighted by Gasteiger charge is 2.30. The van der Waals surface area contributed by atoms with Crippen molar-refractivity contribution in [2.24, 2.45) is 35.1 Å². The average molecular weight is 372 g/mol. The van der Waals surface area contributed by atoms with Gasteiger partial charge < -0.3 is 21.9 Å². The van der Waals surface area contributed by atoms with Crippen molar-refractivity contribution >= 4 is 17.5 Å². The van der Waals surface area contributed by atoms with E-state index < -0.39 is 24.0 Å². The number of carbonyl (C=O) groups is 3. The number of aliphatic hydroxyl groups excluding tert-OH is 1. The molecular weight excluding hydrogens is 334 g/mol. The van der Waals surface area contributed by atoms with E-state index in [4.69, 9.17) is 11.5 Å². The molecule has 0 aliphatic heterocycles. The Bertz CT molecular complexity index is 464. The van der Waals surface area contributed by atoms with Gasteiger partial charge in [-0.25, -0.2) is 0 Å². The van der Waals surface area contributed by atoms with Crippen molar-refractivity contribution in [1.29, 1.82) is 0 Å². The van der Waals surface area contributed by atoms with E-state index in [2.05, 4.69) is 19.2 Å². The maximum atomic E-state index is 12.5. The van der Waals surface area contributed by atoms with E-state index in [1.165, 1.54) is 6.92 Å². The Morgan fingerprint density at radius 1 is 0.962 bits per heavy atom. The molecule has 7 heteroatoms. The van der Waals surface area contributed by atoms with Gasteiger partial charge in [-0.1, -0.05) is 27.7 Å². The molecule has 0 unspecified atom stereocenters. The van der Waals surface area contributed by atoms with Crippen LogP contribution in [-0.2, 0) is 14.4 Å². The smallest absolute Gasteiger partial charge is 0.226 e. The molecule has 0 aliphatic carbocycles. The lowest BCUT2D eigenvalue weighted by Crippen LogP contribution is -2.51. The molecule has 0 aromatic rings. The fraction of sp³-hybridized carbons (Fsp3) is 0.842. The summed E-state index contributed by atoms with van der Waals surface area (Å²) in [7, 11) is 0. The molecule has 0 aliphatic rings. The molecule has 0 aromatic heterocycles. The number of rotatable bonds is 13. The molecule has 0 aromatic carbocycles. The van der Waals surface area contributed by atoms with E-state index in [1.807, 2.05) is 0 Å². The van der Waals surface area contributed by atoms with Crippen LogP contribution < -0.4 is 16.8 Å². The van der Waals surface area contributed by atoms with Gasteiger partial charge in [0.05, 0.1) is 18.1 Å². The number of Topliss-reactive ketones (excluding diaryl/α,β-unsaturated/α-hetero) is 2. The zero-order valence-electron chi connectivity index (χ0n) is 16.8. The number of nitrogens with one attached hydrogen (secondary N) is 1. The summed E-state index contributed by atoms with van der Waals surface area (Å²) in [5.74, 6) is -1.48. The highest BCUT2D eigenvalue weighted by Crippen LogP contribution is 2.19. The molecule has 0 radical (unpaired) electrons. The first-order valence-corrected chi connectivity index (χ1v) is 9.47. The van der Waals surface area contributed by atoms with Crippen LogP contribution in [0, 0.1) is 23.7 Å². The van der Waals surface area contributed by atoms with Crippen LogP contribution in [0.15, 0.2) is 0 Å². The Morgan fingerprint density at radius 3 is 1.92 bits per heavy atom. The minimum atomic E-state index is -1.01. The van der Waals surface area contributed by atoms with E-state index in [0.717, 1.165) is 6.42 Å². The second-order valence-corrected chi connectivity index (χ2v) is 7.88. The minimum absolute atomic E-state index is 0.0210. The van der Waals surface area contributed by atoms with Crippen molar-refractivity contribution in [2.45, 2.75) is 66.0 Å². The van der Waals surface area contributed by atoms with Gasteiger partial charge in [-0.15, -0.1) is 0 Å². The molecule has 0 fully saturated rings. The highest BCUT2D eigenvalue weighted by atomic mass is 16.3. The van der Waals surface area contributed by atoms with Gasteiger partial charge in [-0.2, -0.15) is 0 Å². The van der Waals surface area contributed by atoms with E-state index >= 15 is 0 Å². The molecule has 152 valence electrons. The number of aliphatic hydroxyl groups is 1. The summed E-state index contributed by atoms with van der Waals surface area (Å²) in [5, 5.41) is 12.5. The molecule has 4 atom stereocenters. The summed E-state index contributed by atoms with van der Waals surface area (Å²) in [5.41, 5.74) is 11.3. The summed E-state index contributed by atoms with van der Waals surface area (Å²) in [4.78, 5) is 36.9. The van der Waals surface area contributed by atoms with Crippen molar-refractivity contribution in [3.05, 3.63) is 0 Å². The number of ketones is 2. The van der Waals surface area contributed by atoms with Gasteiger partial charge in [-0.05, 0) is 31.7 Å². The summed E-state index contributed by atoms with van der Waals surface area (Å²) in [6, 6.07) is -0.809. The number of hydrogen-bond donors (Lipinski definition) is 4. The van der Waals surface area contributed by atoms with Gasteiger partial charge in [0.25, 0.3) is 0 Å². The third kappa shape index (κ3) is 8.87. The van der Waals surface area contributed by atoms with Crippen molar-refractivity contribution in [3.63, 3.8) is 0 Å². The first-order chi connectivity index (χ1) is 12.0. The van der Waals surface area contributed by atoms with Crippen molar-refractivity contribution in [2.75, 3.05) is 13.1 Å². The fourth-order valence-electron chi connectivity index (χ4n) is 2.99. The molecule has 0 heterocycles. The van der Waals surface area contributed by atoms with Crippen molar-refractivity contribution < 1.29 is 19.5 Å². The van der Waals surface area contributed by atoms with Crippen LogP contribution in [0.25, 0.3) is 0 Å². The lowest BCUT2D eigenvalue weighted by molar-refractivity contribution is -0.136. The van der Waals surface area contributed by atoms with Gasteiger partial charge in [0.2, 0.25) is 5.91 Å². The predicted octanol–water partition coefficient (Wildman–Crippen LogP) is 0.622. The Kier molecular flexibility index (Phi) is 11.5. The second-order valence-electron chi connectivity index (χ2n) is 7.88. The Labute approximate surface area is 157 Å². The highest BCUT2D eigenvalue weighted by molar-refractivity contribution is 5.93. The molecule has 0 spiro atoms. The third-order valence-corrected chi connectivity index (χ3v) is 4.49. The normalized spacial score (nSPS) is 16.2. The van der Waals surface area contributed by atoms with Gasteiger partial charge in [0.1, 0.15) is 5.78 Å². The van der Waals surface area contributed by atoms with Crippen LogP contribution in [0.5, 0.6) is 0 Å². The molecular formula is C19H37N3O4. The van der Waals surface area contributed by atoms with Crippen LogP contribution in [0.2, 0.25) is 0 Å². The number of amides is 1. The zero-order chi connectivity index (χ0) is 20.4. The molecule has 7 nitrogen and oxygen atoms in total. The molecule has 0 rings (SSSR count). The van der Waals surface area contributed by atoms with Crippen LogP contribution in [-0.4, -0.2) is 47.8 Å². The van der Waals surface area contributed by atoms with Crippen LogP contribution in [0.1, 0.15) is 53.9 Å². The van der Waals surface area contributed by atoms with Crippen molar-refractivity contribution in [1.82, 2.24) is 5.32 Å². The zero-order valence-corrected chi connectivity index (χ0v) is 16.8. The summed E-state index contributed by atoms with van der Waals surface area (Å²) >= 11 is 0. The molecule has 0 saturated heterocycles. The maximum Gasteiger partial charge on any atom is 0.226 e. The number of nitrogens with two attached hydrogens (primary N) is 2. The van der Waals surface area contributed by atoms with E-state index in [-0.39, 0.29) is 42.8 Å². The van der Waals surface area contributed by atoms with Crippen LogP contribution in [0.3, 0.4) is 0 Å². The van der Waals surface area contributed by atoms with E-state index in [1.54, 1.807) is 13.8 Å². The second kappa shape index (κ2) is 12.1. The average Bonchev–Trinajstić information content (AvgIpc) is 2.55. The van der Waals surface area contributed by atoms with Crippen molar-refractivity contribution in [3.8, 4) is 0 Å².